The molecule has 8 heteroatoms. The van der Waals surface area contributed by atoms with Gasteiger partial charge < -0.3 is 15.2 Å². The lowest BCUT2D eigenvalue weighted by Crippen LogP contribution is -2.19. The van der Waals surface area contributed by atoms with Crippen molar-refractivity contribution in [2.75, 3.05) is 10.6 Å². The van der Waals surface area contributed by atoms with Crippen LogP contribution in [0.15, 0.2) is 71.4 Å². The molecule has 0 aliphatic rings. The summed E-state index contributed by atoms with van der Waals surface area (Å²) in [6.45, 7) is 2.71. The summed E-state index contributed by atoms with van der Waals surface area (Å²) in [7, 11) is 0. The van der Waals surface area contributed by atoms with Crippen molar-refractivity contribution in [3.63, 3.8) is 0 Å². The summed E-state index contributed by atoms with van der Waals surface area (Å²) in [6.07, 6.45) is 1.70. The van der Waals surface area contributed by atoms with Crippen LogP contribution in [0.2, 0.25) is 0 Å². The van der Waals surface area contributed by atoms with Crippen LogP contribution < -0.4 is 10.6 Å². The van der Waals surface area contributed by atoms with Gasteiger partial charge in [-0.25, -0.2) is 4.79 Å². The Kier molecular flexibility index (Phi) is 4.83. The molecule has 0 saturated carbocycles. The van der Waals surface area contributed by atoms with Crippen LogP contribution in [0.3, 0.4) is 0 Å². The Hall–Kier alpha value is -3.94. The second kappa shape index (κ2) is 7.75. The molecule has 2 aromatic heterocycles. The van der Waals surface area contributed by atoms with Crippen molar-refractivity contribution in [2.24, 2.45) is 0 Å². The van der Waals surface area contributed by atoms with Crippen molar-refractivity contribution in [3.8, 4) is 23.0 Å². The number of hydrogen-bond acceptors (Lipinski definition) is 5. The van der Waals surface area contributed by atoms with Gasteiger partial charge in [-0.1, -0.05) is 23.4 Å². The predicted molar refractivity (Wildman–Crippen MR) is 106 cm³/mol. The number of aryl methyl sites for hydroxylation is 1. The maximum atomic E-state index is 12.1. The maximum Gasteiger partial charge on any atom is 0.323 e. The Morgan fingerprint density at radius 2 is 1.71 bits per heavy atom. The second-order valence-electron chi connectivity index (χ2n) is 5.98. The van der Waals surface area contributed by atoms with Crippen LogP contribution in [0, 0.1) is 0 Å². The van der Waals surface area contributed by atoms with Gasteiger partial charge in [-0.2, -0.15) is 10.1 Å². The Labute approximate surface area is 161 Å². The average molecular weight is 374 g/mol. The standard InChI is InChI=1S/C20H18N6O2/c1-2-26-17(12-13-21-26)19-24-18(25-28-19)14-8-10-16(11-9-14)23-20(27)22-15-6-4-3-5-7-15/h3-13H,2H2,1H3,(H2,22,23,27). The molecule has 0 unspecified atom stereocenters. The topological polar surface area (TPSA) is 97.9 Å². The molecule has 2 amide bonds. The van der Waals surface area contributed by atoms with Crippen LogP contribution in [0.25, 0.3) is 23.0 Å². The quantitative estimate of drug-likeness (QED) is 0.544. The number of aromatic nitrogens is 4. The summed E-state index contributed by atoms with van der Waals surface area (Å²) < 4.78 is 7.15. The van der Waals surface area contributed by atoms with E-state index in [2.05, 4.69) is 25.9 Å². The first kappa shape index (κ1) is 17.5. The number of benzene rings is 2. The lowest BCUT2D eigenvalue weighted by Gasteiger charge is -2.07. The van der Waals surface area contributed by atoms with E-state index in [0.29, 0.717) is 23.9 Å². The first-order valence-corrected chi connectivity index (χ1v) is 8.82. The number of hydrogen-bond donors (Lipinski definition) is 2. The first-order valence-electron chi connectivity index (χ1n) is 8.82. The Morgan fingerprint density at radius 1 is 1.00 bits per heavy atom. The highest BCUT2D eigenvalue weighted by atomic mass is 16.5. The third-order valence-corrected chi connectivity index (χ3v) is 4.09. The SMILES string of the molecule is CCn1nccc1-c1nc(-c2ccc(NC(=O)Nc3ccccc3)cc2)no1. The van der Waals surface area contributed by atoms with E-state index >= 15 is 0 Å². The summed E-state index contributed by atoms with van der Waals surface area (Å²) in [5, 5.41) is 13.8. The zero-order chi connectivity index (χ0) is 19.3. The van der Waals surface area contributed by atoms with E-state index in [1.165, 1.54) is 0 Å². The number of nitrogens with one attached hydrogen (secondary N) is 2. The Bertz CT molecular complexity index is 1070. The lowest BCUT2D eigenvalue weighted by atomic mass is 10.2. The van der Waals surface area contributed by atoms with Gasteiger partial charge in [0, 0.05) is 29.7 Å². The molecule has 8 nitrogen and oxygen atoms in total. The number of carbonyl (C=O) groups excluding carboxylic acids is 1. The number of nitrogens with zero attached hydrogens (tertiary/aromatic N) is 4. The molecule has 0 bridgehead atoms. The molecule has 2 aromatic carbocycles. The van der Waals surface area contributed by atoms with Gasteiger partial charge in [-0.05, 0) is 49.4 Å². The molecular weight excluding hydrogens is 356 g/mol. The lowest BCUT2D eigenvalue weighted by molar-refractivity contribution is 0.262. The summed E-state index contributed by atoms with van der Waals surface area (Å²) >= 11 is 0. The monoisotopic (exact) mass is 374 g/mol. The van der Waals surface area contributed by atoms with Gasteiger partial charge in [0.1, 0.15) is 5.69 Å². The fourth-order valence-electron chi connectivity index (χ4n) is 2.73. The molecule has 0 atom stereocenters. The molecule has 2 heterocycles. The molecule has 0 radical (unpaired) electrons. The first-order chi connectivity index (χ1) is 13.7. The highest BCUT2D eigenvalue weighted by Gasteiger charge is 2.14. The Morgan fingerprint density at radius 3 is 2.43 bits per heavy atom. The molecule has 0 aliphatic carbocycles. The minimum Gasteiger partial charge on any atom is -0.332 e. The summed E-state index contributed by atoms with van der Waals surface area (Å²) in [6, 6.07) is 18.0. The van der Waals surface area contributed by atoms with E-state index in [9.17, 15) is 4.79 Å². The van der Waals surface area contributed by atoms with E-state index in [1.54, 1.807) is 23.0 Å². The van der Waals surface area contributed by atoms with Gasteiger partial charge in [0.2, 0.25) is 5.82 Å². The third kappa shape index (κ3) is 3.75. The molecule has 0 fully saturated rings. The van der Waals surface area contributed by atoms with E-state index in [1.807, 2.05) is 55.5 Å². The second-order valence-corrected chi connectivity index (χ2v) is 5.98. The largest absolute Gasteiger partial charge is 0.332 e. The molecule has 2 N–H and O–H groups in total. The third-order valence-electron chi connectivity index (χ3n) is 4.09. The van der Waals surface area contributed by atoms with E-state index in [0.717, 1.165) is 16.9 Å². The van der Waals surface area contributed by atoms with Gasteiger partial charge >= 0.3 is 6.03 Å². The van der Waals surface area contributed by atoms with Gasteiger partial charge in [0.15, 0.2) is 0 Å². The van der Waals surface area contributed by atoms with Gasteiger partial charge in [-0.15, -0.1) is 0 Å². The molecular formula is C20H18N6O2. The van der Waals surface area contributed by atoms with Gasteiger partial charge in [0.05, 0.1) is 0 Å². The molecule has 140 valence electrons. The van der Waals surface area contributed by atoms with Crippen LogP contribution in [-0.4, -0.2) is 26.0 Å². The highest BCUT2D eigenvalue weighted by molar-refractivity contribution is 5.99. The van der Waals surface area contributed by atoms with Crippen LogP contribution in [0.5, 0.6) is 0 Å². The van der Waals surface area contributed by atoms with E-state index in [4.69, 9.17) is 4.52 Å². The highest BCUT2D eigenvalue weighted by Crippen LogP contribution is 2.23. The molecule has 28 heavy (non-hydrogen) atoms. The van der Waals surface area contributed by atoms with E-state index < -0.39 is 0 Å². The normalized spacial score (nSPS) is 10.6. The van der Waals surface area contributed by atoms with Gasteiger partial charge in [0.25, 0.3) is 5.89 Å². The van der Waals surface area contributed by atoms with Crippen molar-refractivity contribution in [3.05, 3.63) is 66.9 Å². The zero-order valence-corrected chi connectivity index (χ0v) is 15.2. The smallest absolute Gasteiger partial charge is 0.323 e. The number of amides is 2. The Balaban J connectivity index is 1.44. The number of para-hydroxylation sites is 1. The van der Waals surface area contributed by atoms with Crippen LogP contribution in [0.4, 0.5) is 16.2 Å². The molecule has 4 rings (SSSR count). The average Bonchev–Trinajstić information content (AvgIpc) is 3.38. The molecule has 4 aromatic rings. The molecule has 0 aliphatic heterocycles. The van der Waals surface area contributed by atoms with Crippen LogP contribution in [-0.2, 0) is 6.54 Å². The fourth-order valence-corrected chi connectivity index (χ4v) is 2.73. The van der Waals surface area contributed by atoms with E-state index in [-0.39, 0.29) is 6.03 Å². The van der Waals surface area contributed by atoms with Crippen molar-refractivity contribution in [1.29, 1.82) is 0 Å². The van der Waals surface area contributed by atoms with Crippen LogP contribution in [0.1, 0.15) is 6.92 Å². The molecule has 0 spiro atoms. The fraction of sp³-hybridized carbons (Fsp3) is 0.100. The minimum absolute atomic E-state index is 0.311. The zero-order valence-electron chi connectivity index (χ0n) is 15.2. The summed E-state index contributed by atoms with van der Waals surface area (Å²) in [4.78, 5) is 16.5. The van der Waals surface area contributed by atoms with Crippen molar-refractivity contribution in [1.82, 2.24) is 19.9 Å². The van der Waals surface area contributed by atoms with Crippen LogP contribution >= 0.6 is 0 Å². The summed E-state index contributed by atoms with van der Waals surface area (Å²) in [5.41, 5.74) is 2.94. The minimum atomic E-state index is -0.311. The van der Waals surface area contributed by atoms with Crippen molar-refractivity contribution < 1.29 is 9.32 Å². The molecule has 0 saturated heterocycles. The number of anilines is 2. The van der Waals surface area contributed by atoms with Crippen molar-refractivity contribution >= 4 is 17.4 Å². The number of urea groups is 1. The number of rotatable bonds is 5. The summed E-state index contributed by atoms with van der Waals surface area (Å²) in [5.74, 6) is 0.887. The maximum absolute atomic E-state index is 12.1. The predicted octanol–water partition coefficient (Wildman–Crippen LogP) is 4.26. The van der Waals surface area contributed by atoms with Crippen molar-refractivity contribution in [2.45, 2.75) is 13.5 Å². The number of carbonyl (C=O) groups is 1. The van der Waals surface area contributed by atoms with Gasteiger partial charge in [-0.3, -0.25) is 4.68 Å².